The van der Waals surface area contributed by atoms with Gasteiger partial charge in [0.15, 0.2) is 11.5 Å². The summed E-state index contributed by atoms with van der Waals surface area (Å²) in [4.78, 5) is 2.10. The van der Waals surface area contributed by atoms with Crippen LogP contribution >= 0.6 is 15.9 Å². The minimum Gasteiger partial charge on any atom is -0.493 e. The lowest BCUT2D eigenvalue weighted by atomic mass is 10.1. The van der Waals surface area contributed by atoms with Gasteiger partial charge in [-0.2, -0.15) is 0 Å². The largest absolute Gasteiger partial charge is 0.493 e. The Morgan fingerprint density at radius 3 is 2.13 bits per heavy atom. The number of nitrogens with zero attached hydrogens (tertiary/aromatic N) is 1. The van der Waals surface area contributed by atoms with E-state index in [4.69, 9.17) is 9.47 Å². The highest BCUT2D eigenvalue weighted by atomic mass is 79.9. The van der Waals surface area contributed by atoms with Crippen molar-refractivity contribution in [1.82, 2.24) is 5.32 Å². The third kappa shape index (κ3) is 4.62. The molecule has 1 N–H and O–H groups in total. The van der Waals surface area contributed by atoms with Crippen molar-refractivity contribution in [2.45, 2.75) is 13.1 Å². The number of anilines is 1. The second-order valence-electron chi connectivity index (χ2n) is 5.46. The van der Waals surface area contributed by atoms with E-state index in [0.717, 1.165) is 34.6 Å². The van der Waals surface area contributed by atoms with Gasteiger partial charge in [0.2, 0.25) is 0 Å². The molecule has 0 radical (unpaired) electrons. The molecular formula is C18H23BrN2O2. The van der Waals surface area contributed by atoms with E-state index in [1.807, 2.05) is 26.2 Å². The molecule has 0 saturated heterocycles. The summed E-state index contributed by atoms with van der Waals surface area (Å²) in [5.41, 5.74) is 3.59. The maximum absolute atomic E-state index is 5.35. The van der Waals surface area contributed by atoms with Crippen LogP contribution in [0.15, 0.2) is 40.9 Å². The third-order valence-corrected chi connectivity index (χ3v) is 4.39. The van der Waals surface area contributed by atoms with E-state index < -0.39 is 0 Å². The zero-order valence-corrected chi connectivity index (χ0v) is 15.6. The van der Waals surface area contributed by atoms with Gasteiger partial charge in [0.1, 0.15) is 0 Å². The van der Waals surface area contributed by atoms with Gasteiger partial charge in [0.05, 0.1) is 14.2 Å². The lowest BCUT2D eigenvalue weighted by Gasteiger charge is -2.14. The molecule has 2 rings (SSSR count). The van der Waals surface area contributed by atoms with Crippen molar-refractivity contribution in [1.29, 1.82) is 0 Å². The minimum atomic E-state index is 0.724. The molecule has 2 aromatic carbocycles. The molecule has 0 fully saturated rings. The van der Waals surface area contributed by atoms with Crippen molar-refractivity contribution in [3.8, 4) is 11.5 Å². The average molecular weight is 379 g/mol. The summed E-state index contributed by atoms with van der Waals surface area (Å²) in [6.45, 7) is 1.56. The Labute approximate surface area is 146 Å². The van der Waals surface area contributed by atoms with Crippen LogP contribution in [0.4, 0.5) is 5.69 Å². The molecule has 2 aromatic rings. The molecule has 5 heteroatoms. The summed E-state index contributed by atoms with van der Waals surface area (Å²) in [7, 11) is 7.37. The van der Waals surface area contributed by atoms with Crippen LogP contribution in [0.25, 0.3) is 0 Å². The Balaban J connectivity index is 1.98. The quantitative estimate of drug-likeness (QED) is 0.793. The number of benzene rings is 2. The summed E-state index contributed by atoms with van der Waals surface area (Å²) in [5, 5.41) is 3.46. The number of rotatable bonds is 7. The second kappa shape index (κ2) is 8.22. The first-order valence-corrected chi connectivity index (χ1v) is 8.22. The molecule has 23 heavy (non-hydrogen) atoms. The van der Waals surface area contributed by atoms with Crippen LogP contribution in [0.5, 0.6) is 11.5 Å². The standard InChI is InChI=1S/C18H23BrN2O2/c1-21(2)15-7-5-13(6-8-15)11-20-12-14-9-17(22-3)18(23-4)10-16(14)19/h5-10,20H,11-12H2,1-4H3. The first kappa shape index (κ1) is 17.6. The first-order chi connectivity index (χ1) is 11.0. The molecule has 0 heterocycles. The Morgan fingerprint density at radius 2 is 1.57 bits per heavy atom. The Hall–Kier alpha value is -1.72. The lowest BCUT2D eigenvalue weighted by molar-refractivity contribution is 0.354. The molecule has 0 spiro atoms. The van der Waals surface area contributed by atoms with Gasteiger partial charge < -0.3 is 19.7 Å². The van der Waals surface area contributed by atoms with Gasteiger partial charge in [-0.25, -0.2) is 0 Å². The van der Waals surface area contributed by atoms with E-state index >= 15 is 0 Å². The van der Waals surface area contributed by atoms with Crippen molar-refractivity contribution in [3.05, 3.63) is 52.0 Å². The molecule has 0 bridgehead atoms. The molecule has 0 aliphatic carbocycles. The SMILES string of the molecule is COc1cc(Br)c(CNCc2ccc(N(C)C)cc2)cc1OC. The molecule has 0 unspecified atom stereocenters. The molecule has 4 nitrogen and oxygen atoms in total. The van der Waals surface area contributed by atoms with Crippen LogP contribution < -0.4 is 19.7 Å². The zero-order valence-electron chi connectivity index (χ0n) is 14.0. The predicted molar refractivity (Wildman–Crippen MR) is 98.6 cm³/mol. The predicted octanol–water partition coefficient (Wildman–Crippen LogP) is 3.82. The normalized spacial score (nSPS) is 10.5. The highest BCUT2D eigenvalue weighted by molar-refractivity contribution is 9.10. The fourth-order valence-electron chi connectivity index (χ4n) is 2.29. The van der Waals surface area contributed by atoms with E-state index in [-0.39, 0.29) is 0 Å². The maximum Gasteiger partial charge on any atom is 0.161 e. The molecule has 0 saturated carbocycles. The summed E-state index contributed by atoms with van der Waals surface area (Å²) in [6, 6.07) is 12.5. The fraction of sp³-hybridized carbons (Fsp3) is 0.333. The van der Waals surface area contributed by atoms with E-state index in [9.17, 15) is 0 Å². The number of hydrogen-bond acceptors (Lipinski definition) is 4. The summed E-state index contributed by atoms with van der Waals surface area (Å²) in [6.07, 6.45) is 0. The Morgan fingerprint density at radius 1 is 0.957 bits per heavy atom. The molecule has 0 aliphatic rings. The van der Waals surface area contributed by atoms with Gasteiger partial charge in [0.25, 0.3) is 0 Å². The first-order valence-electron chi connectivity index (χ1n) is 7.42. The second-order valence-corrected chi connectivity index (χ2v) is 6.32. The minimum absolute atomic E-state index is 0.724. The van der Waals surface area contributed by atoms with Crippen molar-refractivity contribution in [2.24, 2.45) is 0 Å². The van der Waals surface area contributed by atoms with Crippen molar-refractivity contribution < 1.29 is 9.47 Å². The third-order valence-electron chi connectivity index (χ3n) is 3.65. The van der Waals surface area contributed by atoms with Crippen LogP contribution in [0, 0.1) is 0 Å². The molecule has 0 aliphatic heterocycles. The van der Waals surface area contributed by atoms with Gasteiger partial charge >= 0.3 is 0 Å². The highest BCUT2D eigenvalue weighted by Gasteiger charge is 2.09. The fourth-order valence-corrected chi connectivity index (χ4v) is 2.75. The van der Waals surface area contributed by atoms with Crippen LogP contribution in [0.3, 0.4) is 0 Å². The van der Waals surface area contributed by atoms with Gasteiger partial charge in [-0.05, 0) is 35.4 Å². The van der Waals surface area contributed by atoms with Crippen molar-refractivity contribution in [3.63, 3.8) is 0 Å². The molecule has 0 atom stereocenters. The molecule has 124 valence electrons. The topological polar surface area (TPSA) is 33.7 Å². The van der Waals surface area contributed by atoms with Crippen molar-refractivity contribution >= 4 is 21.6 Å². The van der Waals surface area contributed by atoms with Crippen LogP contribution in [0.1, 0.15) is 11.1 Å². The number of halogens is 1. The van der Waals surface area contributed by atoms with Crippen LogP contribution in [-0.2, 0) is 13.1 Å². The molecular weight excluding hydrogens is 356 g/mol. The number of ether oxygens (including phenoxy) is 2. The zero-order chi connectivity index (χ0) is 16.8. The highest BCUT2D eigenvalue weighted by Crippen LogP contribution is 2.33. The summed E-state index contributed by atoms with van der Waals surface area (Å²) < 4.78 is 11.7. The molecule has 0 amide bonds. The molecule has 0 aromatic heterocycles. The van der Waals surface area contributed by atoms with E-state index in [2.05, 4.69) is 50.4 Å². The maximum atomic E-state index is 5.35. The average Bonchev–Trinajstić information content (AvgIpc) is 2.56. The number of nitrogens with one attached hydrogen (secondary N) is 1. The van der Waals surface area contributed by atoms with E-state index in [1.165, 1.54) is 11.3 Å². The summed E-state index contributed by atoms with van der Waals surface area (Å²) in [5.74, 6) is 1.46. The van der Waals surface area contributed by atoms with E-state index in [1.54, 1.807) is 14.2 Å². The van der Waals surface area contributed by atoms with Gasteiger partial charge in [0, 0.05) is 37.3 Å². The summed E-state index contributed by atoms with van der Waals surface area (Å²) >= 11 is 3.58. The van der Waals surface area contributed by atoms with Gasteiger partial charge in [-0.1, -0.05) is 28.1 Å². The Kier molecular flexibility index (Phi) is 6.30. The van der Waals surface area contributed by atoms with Crippen LogP contribution in [0.2, 0.25) is 0 Å². The van der Waals surface area contributed by atoms with Gasteiger partial charge in [-0.15, -0.1) is 0 Å². The van der Waals surface area contributed by atoms with Gasteiger partial charge in [-0.3, -0.25) is 0 Å². The van der Waals surface area contributed by atoms with Crippen LogP contribution in [-0.4, -0.2) is 28.3 Å². The monoisotopic (exact) mass is 378 g/mol. The Bertz CT molecular complexity index is 642. The lowest BCUT2D eigenvalue weighted by Crippen LogP contribution is -2.14. The van der Waals surface area contributed by atoms with E-state index in [0.29, 0.717) is 0 Å². The number of hydrogen-bond donors (Lipinski definition) is 1. The smallest absolute Gasteiger partial charge is 0.161 e. The van der Waals surface area contributed by atoms with Crippen molar-refractivity contribution in [2.75, 3.05) is 33.2 Å². The number of methoxy groups -OCH3 is 2.